The summed E-state index contributed by atoms with van der Waals surface area (Å²) in [6.45, 7) is 9.60. The molecule has 0 aromatic carbocycles. The van der Waals surface area contributed by atoms with Crippen LogP contribution < -0.4 is 5.73 Å². The summed E-state index contributed by atoms with van der Waals surface area (Å²) in [6, 6.07) is 0.506. The van der Waals surface area contributed by atoms with Crippen molar-refractivity contribution in [1.82, 2.24) is 9.80 Å². The van der Waals surface area contributed by atoms with Gasteiger partial charge in [-0.25, -0.2) is 0 Å². The summed E-state index contributed by atoms with van der Waals surface area (Å²) in [5.41, 5.74) is 5.25. The van der Waals surface area contributed by atoms with Gasteiger partial charge in [0, 0.05) is 38.8 Å². The molecule has 2 N–H and O–H groups in total. The third-order valence-corrected chi connectivity index (χ3v) is 4.10. The largest absolute Gasteiger partial charge is 0.379 e. The van der Waals surface area contributed by atoms with Gasteiger partial charge >= 0.3 is 0 Å². The van der Waals surface area contributed by atoms with Crippen LogP contribution in [0.4, 0.5) is 0 Å². The number of carbonyl (C=O) groups is 1. The number of rotatable bonds is 3. The standard InChI is InChI=1S/C13H25N3O2/c1-13(2,10-14)12(17)16-4-3-11(9-16)15-5-7-18-8-6-15/h11H,3-10,14H2,1-2H3. The highest BCUT2D eigenvalue weighted by atomic mass is 16.5. The van der Waals surface area contributed by atoms with Crippen molar-refractivity contribution in [2.24, 2.45) is 11.1 Å². The van der Waals surface area contributed by atoms with Gasteiger partial charge in [0.05, 0.1) is 18.6 Å². The molecule has 0 spiro atoms. The van der Waals surface area contributed by atoms with Crippen molar-refractivity contribution >= 4 is 5.91 Å². The molecular weight excluding hydrogens is 230 g/mol. The SMILES string of the molecule is CC(C)(CN)C(=O)N1CCC(N2CCOCC2)C1. The molecule has 2 aliphatic heterocycles. The molecule has 18 heavy (non-hydrogen) atoms. The van der Waals surface area contributed by atoms with E-state index < -0.39 is 5.41 Å². The maximum atomic E-state index is 12.3. The lowest BCUT2D eigenvalue weighted by atomic mass is 9.92. The lowest BCUT2D eigenvalue weighted by molar-refractivity contribution is -0.139. The van der Waals surface area contributed by atoms with Crippen molar-refractivity contribution in [3.8, 4) is 0 Å². The molecule has 0 saturated carbocycles. The molecule has 0 bridgehead atoms. The van der Waals surface area contributed by atoms with Crippen LogP contribution in [0.15, 0.2) is 0 Å². The number of amides is 1. The van der Waals surface area contributed by atoms with Gasteiger partial charge in [0.25, 0.3) is 0 Å². The van der Waals surface area contributed by atoms with Gasteiger partial charge in [0.2, 0.25) is 5.91 Å². The molecule has 5 heteroatoms. The molecule has 0 radical (unpaired) electrons. The molecule has 1 atom stereocenters. The molecule has 0 aromatic rings. The maximum absolute atomic E-state index is 12.3. The average Bonchev–Trinajstić information content (AvgIpc) is 2.88. The van der Waals surface area contributed by atoms with Gasteiger partial charge < -0.3 is 15.4 Å². The average molecular weight is 255 g/mol. The maximum Gasteiger partial charge on any atom is 0.229 e. The van der Waals surface area contributed by atoms with Gasteiger partial charge in [-0.05, 0) is 20.3 Å². The van der Waals surface area contributed by atoms with Gasteiger partial charge in [-0.1, -0.05) is 0 Å². The summed E-state index contributed by atoms with van der Waals surface area (Å²) in [4.78, 5) is 16.8. The van der Waals surface area contributed by atoms with E-state index in [4.69, 9.17) is 10.5 Å². The molecular formula is C13H25N3O2. The first kappa shape index (κ1) is 13.8. The number of ether oxygens (including phenoxy) is 1. The molecule has 2 saturated heterocycles. The van der Waals surface area contributed by atoms with Crippen LogP contribution in [0, 0.1) is 5.41 Å². The van der Waals surface area contributed by atoms with Crippen molar-refractivity contribution in [1.29, 1.82) is 0 Å². The Morgan fingerprint density at radius 2 is 2.00 bits per heavy atom. The Labute approximate surface area is 109 Å². The summed E-state index contributed by atoms with van der Waals surface area (Å²) >= 11 is 0. The highest BCUT2D eigenvalue weighted by molar-refractivity contribution is 5.82. The number of carbonyl (C=O) groups excluding carboxylic acids is 1. The van der Waals surface area contributed by atoms with Gasteiger partial charge in [-0.2, -0.15) is 0 Å². The molecule has 2 rings (SSSR count). The van der Waals surface area contributed by atoms with Crippen LogP contribution in [-0.2, 0) is 9.53 Å². The predicted molar refractivity (Wildman–Crippen MR) is 70.2 cm³/mol. The third kappa shape index (κ3) is 2.84. The first-order valence-corrected chi connectivity index (χ1v) is 6.86. The zero-order valence-electron chi connectivity index (χ0n) is 11.5. The number of nitrogens with two attached hydrogens (primary N) is 1. The van der Waals surface area contributed by atoms with Crippen LogP contribution in [0.3, 0.4) is 0 Å². The molecule has 2 fully saturated rings. The molecule has 1 unspecified atom stereocenters. The molecule has 2 heterocycles. The van der Waals surface area contributed by atoms with Crippen LogP contribution in [0.1, 0.15) is 20.3 Å². The lowest BCUT2D eigenvalue weighted by Crippen LogP contribution is -2.47. The van der Waals surface area contributed by atoms with Crippen LogP contribution >= 0.6 is 0 Å². The molecule has 104 valence electrons. The lowest BCUT2D eigenvalue weighted by Gasteiger charge is -2.33. The number of morpholine rings is 1. The van der Waals surface area contributed by atoms with Crippen molar-refractivity contribution in [2.75, 3.05) is 45.9 Å². The minimum absolute atomic E-state index is 0.195. The van der Waals surface area contributed by atoms with E-state index in [0.717, 1.165) is 45.8 Å². The Morgan fingerprint density at radius 3 is 2.61 bits per heavy atom. The minimum Gasteiger partial charge on any atom is -0.379 e. The third-order valence-electron chi connectivity index (χ3n) is 4.10. The number of likely N-dealkylation sites (tertiary alicyclic amines) is 1. The Balaban J connectivity index is 1.89. The van der Waals surface area contributed by atoms with Gasteiger partial charge in [0.1, 0.15) is 0 Å². The van der Waals surface area contributed by atoms with Crippen LogP contribution in [0.2, 0.25) is 0 Å². The fraction of sp³-hybridized carbons (Fsp3) is 0.923. The minimum atomic E-state index is -0.431. The van der Waals surface area contributed by atoms with Crippen molar-refractivity contribution in [2.45, 2.75) is 26.3 Å². The monoisotopic (exact) mass is 255 g/mol. The number of hydrogen-bond acceptors (Lipinski definition) is 4. The molecule has 0 aromatic heterocycles. The van der Waals surface area contributed by atoms with Crippen LogP contribution in [-0.4, -0.2) is 67.7 Å². The second kappa shape index (κ2) is 5.55. The number of nitrogens with zero attached hydrogens (tertiary/aromatic N) is 2. The molecule has 0 aliphatic carbocycles. The van der Waals surface area contributed by atoms with Crippen molar-refractivity contribution in [3.63, 3.8) is 0 Å². The van der Waals surface area contributed by atoms with E-state index in [1.165, 1.54) is 0 Å². The Morgan fingerprint density at radius 1 is 1.33 bits per heavy atom. The van der Waals surface area contributed by atoms with Gasteiger partial charge in [-0.15, -0.1) is 0 Å². The van der Waals surface area contributed by atoms with Crippen LogP contribution in [0.5, 0.6) is 0 Å². The molecule has 2 aliphatic rings. The van der Waals surface area contributed by atoms with Gasteiger partial charge in [-0.3, -0.25) is 9.69 Å². The van der Waals surface area contributed by atoms with E-state index in [0.29, 0.717) is 12.6 Å². The summed E-state index contributed by atoms with van der Waals surface area (Å²) in [7, 11) is 0. The second-order valence-corrected chi connectivity index (χ2v) is 5.93. The van der Waals surface area contributed by atoms with E-state index in [9.17, 15) is 4.79 Å². The summed E-state index contributed by atoms with van der Waals surface area (Å²) < 4.78 is 5.37. The fourth-order valence-corrected chi connectivity index (χ4v) is 2.68. The van der Waals surface area contributed by atoms with E-state index in [1.54, 1.807) is 0 Å². The summed E-state index contributed by atoms with van der Waals surface area (Å²) in [5.74, 6) is 0.195. The van der Waals surface area contributed by atoms with Crippen LogP contribution in [0.25, 0.3) is 0 Å². The van der Waals surface area contributed by atoms with E-state index >= 15 is 0 Å². The van der Waals surface area contributed by atoms with E-state index in [1.807, 2.05) is 18.7 Å². The van der Waals surface area contributed by atoms with E-state index in [2.05, 4.69) is 4.90 Å². The highest BCUT2D eigenvalue weighted by Gasteiger charge is 2.36. The quantitative estimate of drug-likeness (QED) is 0.765. The number of hydrogen-bond donors (Lipinski definition) is 1. The highest BCUT2D eigenvalue weighted by Crippen LogP contribution is 2.23. The Kier molecular flexibility index (Phi) is 4.25. The zero-order valence-corrected chi connectivity index (χ0v) is 11.5. The first-order valence-electron chi connectivity index (χ1n) is 6.86. The normalized spacial score (nSPS) is 26.6. The second-order valence-electron chi connectivity index (χ2n) is 5.93. The summed E-state index contributed by atoms with van der Waals surface area (Å²) in [5, 5.41) is 0. The molecule has 5 nitrogen and oxygen atoms in total. The van der Waals surface area contributed by atoms with Crippen molar-refractivity contribution in [3.05, 3.63) is 0 Å². The van der Waals surface area contributed by atoms with Crippen molar-refractivity contribution < 1.29 is 9.53 Å². The Bertz CT molecular complexity index is 301. The summed E-state index contributed by atoms with van der Waals surface area (Å²) in [6.07, 6.45) is 1.08. The zero-order chi connectivity index (χ0) is 13.2. The topological polar surface area (TPSA) is 58.8 Å². The molecule has 1 amide bonds. The fourth-order valence-electron chi connectivity index (χ4n) is 2.68. The predicted octanol–water partition coefficient (Wildman–Crippen LogP) is -0.0956. The van der Waals surface area contributed by atoms with E-state index in [-0.39, 0.29) is 5.91 Å². The Hall–Kier alpha value is -0.650. The first-order chi connectivity index (χ1) is 8.54. The van der Waals surface area contributed by atoms with Gasteiger partial charge in [0.15, 0.2) is 0 Å². The smallest absolute Gasteiger partial charge is 0.229 e.